The van der Waals surface area contributed by atoms with Gasteiger partial charge in [0.1, 0.15) is 30.7 Å². The molecule has 9 nitrogen and oxygen atoms in total. The number of carbonyl (C=O) groups excluding carboxylic acids is 1. The van der Waals surface area contributed by atoms with Crippen LogP contribution in [0.5, 0.6) is 5.75 Å². The SMILES string of the molecule is CC(=O)N1CC12C[N+]2([O-])c1ccc(OCC2COC(Cn3ccnc3)(c3ccc(Cl)cc3Cl)O2)cc1. The minimum Gasteiger partial charge on any atom is -0.625 e. The molecule has 1 spiro atoms. The van der Waals surface area contributed by atoms with E-state index in [1.54, 1.807) is 59.9 Å². The first kappa shape index (κ1) is 23.7. The van der Waals surface area contributed by atoms with Gasteiger partial charge in [-0.25, -0.2) is 4.98 Å². The highest BCUT2D eigenvalue weighted by atomic mass is 35.5. The van der Waals surface area contributed by atoms with Crippen molar-refractivity contribution in [3.63, 3.8) is 0 Å². The van der Waals surface area contributed by atoms with Gasteiger partial charge in [0.25, 0.3) is 5.66 Å². The second-order valence-corrected chi connectivity index (χ2v) is 10.3. The van der Waals surface area contributed by atoms with Gasteiger partial charge >= 0.3 is 0 Å². The van der Waals surface area contributed by atoms with Crippen LogP contribution in [0.15, 0.2) is 61.2 Å². The van der Waals surface area contributed by atoms with Crippen LogP contribution in [-0.2, 0) is 26.6 Å². The lowest BCUT2D eigenvalue weighted by Crippen LogP contribution is -2.34. The van der Waals surface area contributed by atoms with Crippen molar-refractivity contribution in [3.8, 4) is 5.75 Å². The Bertz CT molecular complexity index is 1310. The second-order valence-electron chi connectivity index (χ2n) is 9.45. The molecule has 6 rings (SSSR count). The Balaban J connectivity index is 1.13. The monoisotopic (exact) mass is 530 g/mol. The van der Waals surface area contributed by atoms with E-state index >= 15 is 0 Å². The minimum absolute atomic E-state index is 0.0615. The van der Waals surface area contributed by atoms with E-state index in [2.05, 4.69) is 4.98 Å². The lowest BCUT2D eigenvalue weighted by atomic mass is 10.1. The zero-order valence-corrected chi connectivity index (χ0v) is 21.0. The lowest BCUT2D eigenvalue weighted by Gasteiger charge is -2.30. The van der Waals surface area contributed by atoms with Crippen molar-refractivity contribution in [1.82, 2.24) is 19.1 Å². The van der Waals surface area contributed by atoms with Gasteiger partial charge in [0, 0.05) is 42.0 Å². The van der Waals surface area contributed by atoms with Crippen molar-refractivity contribution in [2.24, 2.45) is 0 Å². The number of halogens is 2. The summed E-state index contributed by atoms with van der Waals surface area (Å²) in [6.45, 7) is 3.30. The number of aromatic nitrogens is 2. The molecule has 0 saturated carbocycles. The zero-order valence-electron chi connectivity index (χ0n) is 19.5. The van der Waals surface area contributed by atoms with Gasteiger partial charge < -0.3 is 24.0 Å². The maximum atomic E-state index is 13.2. The minimum atomic E-state index is -1.13. The molecule has 3 aliphatic rings. The smallest absolute Gasteiger partial charge is 0.250 e. The molecular weight excluding hydrogens is 507 g/mol. The average Bonchev–Trinajstić information content (AvgIpc) is 3.51. The van der Waals surface area contributed by atoms with Gasteiger partial charge in [-0.1, -0.05) is 29.3 Å². The molecule has 0 radical (unpaired) electrons. The summed E-state index contributed by atoms with van der Waals surface area (Å²) in [4.78, 5) is 17.4. The van der Waals surface area contributed by atoms with E-state index < -0.39 is 16.1 Å². The van der Waals surface area contributed by atoms with Crippen molar-refractivity contribution < 1.29 is 19.0 Å². The van der Waals surface area contributed by atoms with Crippen LogP contribution in [0.1, 0.15) is 12.5 Å². The van der Waals surface area contributed by atoms with E-state index in [0.717, 1.165) is 0 Å². The summed E-state index contributed by atoms with van der Waals surface area (Å²) in [6.07, 6.45) is 4.84. The van der Waals surface area contributed by atoms with Crippen molar-refractivity contribution in [2.75, 3.05) is 26.3 Å². The van der Waals surface area contributed by atoms with Gasteiger partial charge in [-0.3, -0.25) is 14.3 Å². The molecule has 188 valence electrons. The molecule has 11 heteroatoms. The molecule has 2 aromatic carbocycles. The molecule has 4 atom stereocenters. The third-order valence-corrected chi connectivity index (χ3v) is 7.62. The fourth-order valence-corrected chi connectivity index (χ4v) is 5.62. The highest BCUT2D eigenvalue weighted by Gasteiger charge is 2.81. The summed E-state index contributed by atoms with van der Waals surface area (Å²) < 4.78 is 19.9. The van der Waals surface area contributed by atoms with Crippen LogP contribution >= 0.6 is 23.2 Å². The molecule has 1 aromatic heterocycles. The molecule has 4 unspecified atom stereocenters. The Morgan fingerprint density at radius 3 is 2.75 bits per heavy atom. The fraction of sp³-hybridized carbons (Fsp3) is 0.360. The molecular formula is C25H24Cl2N4O5. The molecule has 36 heavy (non-hydrogen) atoms. The van der Waals surface area contributed by atoms with Crippen LogP contribution in [0.3, 0.4) is 0 Å². The molecule has 0 bridgehead atoms. The van der Waals surface area contributed by atoms with Gasteiger partial charge in [-0.2, -0.15) is 0 Å². The molecule has 1 amide bonds. The molecule has 3 saturated heterocycles. The Morgan fingerprint density at radius 1 is 1.28 bits per heavy atom. The zero-order chi connectivity index (χ0) is 25.1. The van der Waals surface area contributed by atoms with E-state index in [1.807, 2.05) is 10.8 Å². The highest BCUT2D eigenvalue weighted by Crippen LogP contribution is 2.58. The van der Waals surface area contributed by atoms with Gasteiger partial charge in [0.15, 0.2) is 6.54 Å². The second kappa shape index (κ2) is 8.44. The molecule has 3 aromatic rings. The van der Waals surface area contributed by atoms with Crippen LogP contribution in [0, 0.1) is 5.21 Å². The maximum absolute atomic E-state index is 13.2. The molecule has 3 aliphatic heterocycles. The number of amides is 1. The molecule has 4 heterocycles. The lowest BCUT2D eigenvalue weighted by molar-refractivity contribution is -0.189. The third-order valence-electron chi connectivity index (χ3n) is 7.08. The predicted molar refractivity (Wildman–Crippen MR) is 133 cm³/mol. The van der Waals surface area contributed by atoms with Gasteiger partial charge in [0.2, 0.25) is 11.7 Å². The van der Waals surface area contributed by atoms with Crippen LogP contribution in [0.4, 0.5) is 5.69 Å². The first-order valence-electron chi connectivity index (χ1n) is 11.6. The number of hydroxylamine groups is 2. The van der Waals surface area contributed by atoms with E-state index in [1.165, 1.54) is 6.92 Å². The fourth-order valence-electron chi connectivity index (χ4n) is 5.07. The van der Waals surface area contributed by atoms with Crippen molar-refractivity contribution >= 4 is 34.8 Å². The highest BCUT2D eigenvalue weighted by molar-refractivity contribution is 6.35. The number of quaternary nitrogens is 1. The summed E-state index contributed by atoms with van der Waals surface area (Å²) in [7, 11) is 0. The van der Waals surface area contributed by atoms with Crippen molar-refractivity contribution in [1.29, 1.82) is 0 Å². The Kier molecular flexibility index (Phi) is 5.56. The van der Waals surface area contributed by atoms with Crippen LogP contribution in [-0.4, -0.2) is 58.4 Å². The summed E-state index contributed by atoms with van der Waals surface area (Å²) in [5.74, 6) is -0.575. The molecule has 0 N–H and O–H groups in total. The summed E-state index contributed by atoms with van der Waals surface area (Å²) in [5, 5.41) is 14.1. The van der Waals surface area contributed by atoms with E-state index in [0.29, 0.717) is 53.3 Å². The number of carbonyl (C=O) groups is 1. The number of imidazole rings is 1. The van der Waals surface area contributed by atoms with Crippen molar-refractivity contribution in [2.45, 2.75) is 31.0 Å². The van der Waals surface area contributed by atoms with Gasteiger partial charge in [0.05, 0.1) is 24.5 Å². The summed E-state index contributed by atoms with van der Waals surface area (Å²) in [5.41, 5.74) is 0.694. The Morgan fingerprint density at radius 2 is 2.08 bits per heavy atom. The average molecular weight is 531 g/mol. The number of hydrogen-bond donors (Lipinski definition) is 0. The van der Waals surface area contributed by atoms with Crippen molar-refractivity contribution in [3.05, 3.63) is 82.0 Å². The third kappa shape index (κ3) is 3.87. The van der Waals surface area contributed by atoms with E-state index in [4.69, 9.17) is 37.4 Å². The molecule has 0 aliphatic carbocycles. The Labute approximate surface area is 217 Å². The van der Waals surface area contributed by atoms with Gasteiger partial charge in [-0.05, 0) is 24.3 Å². The largest absolute Gasteiger partial charge is 0.625 e. The van der Waals surface area contributed by atoms with E-state index in [-0.39, 0.29) is 18.6 Å². The number of hydrogen-bond acceptors (Lipinski definition) is 6. The summed E-state index contributed by atoms with van der Waals surface area (Å²) in [6, 6.07) is 12.3. The quantitative estimate of drug-likeness (QED) is 0.261. The van der Waals surface area contributed by atoms with Crippen LogP contribution < -0.4 is 9.38 Å². The topological polar surface area (TPSA) is 88.7 Å². The standard InChI is InChI=1S/C25H24Cl2N4O5/c1-17(32)30-13-24(30)15-31(24,33)19-3-5-20(6-4-19)34-11-21-12-35-25(36-21,14-29-9-8-28-16-29)22-7-2-18(26)10-23(22)27/h2-10,16,21H,11-15H2,1H3. The predicted octanol–water partition coefficient (Wildman–Crippen LogP) is 3.91. The number of rotatable bonds is 7. The van der Waals surface area contributed by atoms with Crippen LogP contribution in [0.2, 0.25) is 10.0 Å². The number of ether oxygens (including phenoxy) is 3. The maximum Gasteiger partial charge on any atom is 0.250 e. The number of benzene rings is 2. The number of nitrogens with zero attached hydrogens (tertiary/aromatic N) is 4. The summed E-state index contributed by atoms with van der Waals surface area (Å²) >= 11 is 12.6. The first-order valence-corrected chi connectivity index (χ1v) is 12.3. The first-order chi connectivity index (χ1) is 17.2. The normalized spacial score (nSPS) is 30.6. The Hall–Kier alpha value is -2.66. The van der Waals surface area contributed by atoms with Gasteiger partial charge in [-0.15, -0.1) is 0 Å². The van der Waals surface area contributed by atoms with Crippen LogP contribution in [0.25, 0.3) is 0 Å². The van der Waals surface area contributed by atoms with E-state index in [9.17, 15) is 10.0 Å². The molecule has 3 fully saturated rings.